The van der Waals surface area contributed by atoms with Crippen LogP contribution in [0.1, 0.15) is 5.76 Å². The van der Waals surface area contributed by atoms with Gasteiger partial charge in [0.2, 0.25) is 0 Å². The van der Waals surface area contributed by atoms with Crippen molar-refractivity contribution < 1.29 is 22.5 Å². The molecule has 2 amide bonds. The summed E-state index contributed by atoms with van der Waals surface area (Å²) in [6, 6.07) is -0.124. The van der Waals surface area contributed by atoms with Crippen LogP contribution >= 0.6 is 0 Å². The minimum atomic E-state index is -4.76. The van der Waals surface area contributed by atoms with Crippen LogP contribution in [0.25, 0.3) is 0 Å². The molecule has 1 aromatic heterocycles. The van der Waals surface area contributed by atoms with Crippen LogP contribution < -0.4 is 10.6 Å². The Morgan fingerprint density at radius 3 is 2.64 bits per heavy atom. The third-order valence-electron chi connectivity index (χ3n) is 1.12. The second kappa shape index (κ2) is 3.56. The first-order valence-electron chi connectivity index (χ1n) is 3.46. The maximum Gasteiger partial charge on any atom is 0.485 e. The maximum absolute atomic E-state index is 11.6. The molecule has 0 atom stereocenters. The predicted molar refractivity (Wildman–Crippen MR) is 39.4 cm³/mol. The van der Waals surface area contributed by atoms with E-state index in [1.54, 1.807) is 6.92 Å². The summed E-state index contributed by atoms with van der Waals surface area (Å²) in [6.07, 6.45) is -4.76. The molecule has 0 aliphatic rings. The van der Waals surface area contributed by atoms with Crippen LogP contribution in [0, 0.1) is 6.92 Å². The zero-order valence-electron chi connectivity index (χ0n) is 6.97. The Labute approximate surface area is 76.2 Å². The van der Waals surface area contributed by atoms with Crippen LogP contribution in [0.2, 0.25) is 0 Å². The monoisotopic (exact) mass is 209 g/mol. The number of urea groups is 1. The van der Waals surface area contributed by atoms with Gasteiger partial charge in [0.05, 0.1) is 0 Å². The lowest BCUT2D eigenvalue weighted by molar-refractivity contribution is -0.144. The van der Waals surface area contributed by atoms with E-state index in [1.165, 1.54) is 6.07 Å². The predicted octanol–water partition coefficient (Wildman–Crippen LogP) is 1.62. The summed E-state index contributed by atoms with van der Waals surface area (Å²) >= 11 is 0. The average molecular weight is 209 g/mol. The third-order valence-corrected chi connectivity index (χ3v) is 1.12. The number of nitrogens with zero attached hydrogens (tertiary/aromatic N) is 1. The largest absolute Gasteiger partial charge is 0.485 e. The lowest BCUT2D eigenvalue weighted by Crippen LogP contribution is -2.40. The van der Waals surface area contributed by atoms with Gasteiger partial charge in [-0.1, -0.05) is 5.16 Å². The Morgan fingerprint density at radius 2 is 2.21 bits per heavy atom. The Morgan fingerprint density at radius 1 is 1.57 bits per heavy atom. The third kappa shape index (κ3) is 3.33. The van der Waals surface area contributed by atoms with Gasteiger partial charge in [0, 0.05) is 6.07 Å². The van der Waals surface area contributed by atoms with Crippen molar-refractivity contribution >= 4 is 11.8 Å². The highest BCUT2D eigenvalue weighted by Crippen LogP contribution is 2.11. The summed E-state index contributed by atoms with van der Waals surface area (Å²) in [5.74, 6) is 0.302. The van der Waals surface area contributed by atoms with E-state index in [1.807, 2.05) is 5.32 Å². The van der Waals surface area contributed by atoms with Gasteiger partial charge in [-0.2, -0.15) is 13.2 Å². The number of nitrogens with one attached hydrogen (secondary N) is 2. The molecule has 0 radical (unpaired) electrons. The summed E-state index contributed by atoms with van der Waals surface area (Å²) in [4.78, 5) is 10.6. The molecule has 0 fully saturated rings. The van der Waals surface area contributed by atoms with Gasteiger partial charge in [-0.3, -0.25) is 5.32 Å². The van der Waals surface area contributed by atoms with Crippen molar-refractivity contribution in [3.05, 3.63) is 11.8 Å². The first-order valence-corrected chi connectivity index (χ1v) is 3.46. The fourth-order valence-electron chi connectivity index (χ4n) is 0.702. The Kier molecular flexibility index (Phi) is 2.63. The molecule has 0 spiro atoms. The number of alkyl halides is 3. The SMILES string of the molecule is Cc1cc(NC(=O)NC(F)(F)F)no1. The van der Waals surface area contributed by atoms with Crippen LogP contribution in [-0.2, 0) is 0 Å². The molecule has 1 aromatic rings. The quantitative estimate of drug-likeness (QED) is 0.690. The van der Waals surface area contributed by atoms with Crippen LogP contribution in [0.3, 0.4) is 0 Å². The van der Waals surface area contributed by atoms with Gasteiger partial charge in [0.1, 0.15) is 5.76 Å². The molecule has 2 N–H and O–H groups in total. The van der Waals surface area contributed by atoms with E-state index in [9.17, 15) is 18.0 Å². The van der Waals surface area contributed by atoms with Crippen LogP contribution in [0.4, 0.5) is 23.8 Å². The second-order valence-electron chi connectivity index (χ2n) is 2.40. The number of amides is 2. The molecule has 14 heavy (non-hydrogen) atoms. The van der Waals surface area contributed by atoms with Crippen LogP contribution in [-0.4, -0.2) is 17.5 Å². The number of anilines is 1. The molecule has 0 aromatic carbocycles. The lowest BCUT2D eigenvalue weighted by atomic mass is 10.5. The molecular weight excluding hydrogens is 203 g/mol. The number of aryl methyl sites for hydroxylation is 1. The van der Waals surface area contributed by atoms with E-state index < -0.39 is 12.3 Å². The number of hydrogen-bond acceptors (Lipinski definition) is 3. The highest BCUT2D eigenvalue weighted by molar-refractivity contribution is 5.88. The molecule has 1 heterocycles. The van der Waals surface area contributed by atoms with Gasteiger partial charge >= 0.3 is 12.3 Å². The zero-order chi connectivity index (χ0) is 10.8. The van der Waals surface area contributed by atoms with E-state index in [4.69, 9.17) is 0 Å². The topological polar surface area (TPSA) is 67.2 Å². The second-order valence-corrected chi connectivity index (χ2v) is 2.40. The van der Waals surface area contributed by atoms with Crippen molar-refractivity contribution in [1.29, 1.82) is 0 Å². The van der Waals surface area contributed by atoms with Crippen LogP contribution in [0.5, 0.6) is 0 Å². The van der Waals surface area contributed by atoms with Gasteiger partial charge in [-0.25, -0.2) is 10.1 Å². The fraction of sp³-hybridized carbons (Fsp3) is 0.333. The molecule has 8 heteroatoms. The van der Waals surface area contributed by atoms with Gasteiger partial charge < -0.3 is 4.52 Å². The fourth-order valence-corrected chi connectivity index (χ4v) is 0.702. The molecule has 0 aliphatic carbocycles. The van der Waals surface area contributed by atoms with Crippen molar-refractivity contribution in [2.75, 3.05) is 5.32 Å². The number of rotatable bonds is 1. The Hall–Kier alpha value is -1.73. The highest BCUT2D eigenvalue weighted by atomic mass is 19.4. The number of carbonyl (C=O) groups excluding carboxylic acids is 1. The summed E-state index contributed by atoms with van der Waals surface area (Å²) in [7, 11) is 0. The molecule has 1 rings (SSSR count). The molecule has 0 saturated heterocycles. The molecular formula is C6H6F3N3O2. The van der Waals surface area contributed by atoms with Gasteiger partial charge in [-0.05, 0) is 6.92 Å². The summed E-state index contributed by atoms with van der Waals surface area (Å²) in [5.41, 5.74) is 0. The van der Waals surface area contributed by atoms with Crippen molar-refractivity contribution in [1.82, 2.24) is 10.5 Å². The minimum Gasteiger partial charge on any atom is -0.360 e. The maximum atomic E-state index is 11.6. The van der Waals surface area contributed by atoms with E-state index in [0.29, 0.717) is 5.76 Å². The van der Waals surface area contributed by atoms with E-state index in [0.717, 1.165) is 5.32 Å². The minimum absolute atomic E-state index is 0.0794. The van der Waals surface area contributed by atoms with E-state index in [2.05, 4.69) is 9.68 Å². The number of aromatic nitrogens is 1. The van der Waals surface area contributed by atoms with Crippen molar-refractivity contribution in [3.63, 3.8) is 0 Å². The van der Waals surface area contributed by atoms with Crippen molar-refractivity contribution in [2.24, 2.45) is 0 Å². The molecule has 5 nitrogen and oxygen atoms in total. The molecule has 0 bridgehead atoms. The Bertz CT molecular complexity index is 333. The lowest BCUT2D eigenvalue weighted by Gasteiger charge is -2.07. The van der Waals surface area contributed by atoms with Crippen molar-refractivity contribution in [2.45, 2.75) is 13.2 Å². The van der Waals surface area contributed by atoms with E-state index in [-0.39, 0.29) is 5.82 Å². The number of halogens is 3. The molecule has 0 saturated carbocycles. The summed E-state index contributed by atoms with van der Waals surface area (Å²) < 4.78 is 39.3. The standard InChI is InChI=1S/C6H6F3N3O2/c1-3-2-4(12-14-3)10-5(13)11-6(7,8)9/h2H,1H3,(H2,10,11,12,13). The van der Waals surface area contributed by atoms with Crippen molar-refractivity contribution in [3.8, 4) is 0 Å². The van der Waals surface area contributed by atoms with Crippen LogP contribution in [0.15, 0.2) is 10.6 Å². The zero-order valence-corrected chi connectivity index (χ0v) is 6.97. The molecule has 0 aliphatic heterocycles. The number of carbonyl (C=O) groups is 1. The van der Waals surface area contributed by atoms with Gasteiger partial charge in [0.25, 0.3) is 0 Å². The highest BCUT2D eigenvalue weighted by Gasteiger charge is 2.30. The molecule has 0 unspecified atom stereocenters. The van der Waals surface area contributed by atoms with Gasteiger partial charge in [0.15, 0.2) is 5.82 Å². The smallest absolute Gasteiger partial charge is 0.360 e. The normalized spacial score (nSPS) is 11.1. The summed E-state index contributed by atoms with van der Waals surface area (Å²) in [5, 5.41) is 5.86. The first-order chi connectivity index (χ1) is 6.37. The molecule has 78 valence electrons. The van der Waals surface area contributed by atoms with Gasteiger partial charge in [-0.15, -0.1) is 0 Å². The van der Waals surface area contributed by atoms with E-state index >= 15 is 0 Å². The first kappa shape index (κ1) is 10.4. The summed E-state index contributed by atoms with van der Waals surface area (Å²) in [6.45, 7) is 1.54. The average Bonchev–Trinajstić information content (AvgIpc) is 2.30. The Balaban J connectivity index is 2.50. The number of hydrogen-bond donors (Lipinski definition) is 2.